The van der Waals surface area contributed by atoms with Crippen molar-refractivity contribution in [2.75, 3.05) is 6.61 Å². The third kappa shape index (κ3) is 4.57. The van der Waals surface area contributed by atoms with E-state index in [2.05, 4.69) is 0 Å². The lowest BCUT2D eigenvalue weighted by Crippen LogP contribution is -2.23. The number of para-hydroxylation sites is 1. The van der Waals surface area contributed by atoms with Crippen molar-refractivity contribution in [3.05, 3.63) is 29.3 Å². The van der Waals surface area contributed by atoms with Gasteiger partial charge in [0.1, 0.15) is 5.75 Å². The highest BCUT2D eigenvalue weighted by atomic mass is 35.5. The third-order valence-electron chi connectivity index (χ3n) is 2.87. The van der Waals surface area contributed by atoms with Crippen LogP contribution in [0, 0.1) is 5.41 Å². The van der Waals surface area contributed by atoms with Gasteiger partial charge in [0.25, 0.3) is 0 Å². The van der Waals surface area contributed by atoms with Crippen molar-refractivity contribution >= 4 is 17.6 Å². The number of benzene rings is 1. The van der Waals surface area contributed by atoms with Crippen molar-refractivity contribution in [1.29, 1.82) is 0 Å². The molecular weight excluding hydrogens is 252 g/mol. The normalized spacial score (nSPS) is 11.3. The molecule has 4 heteroatoms. The monoisotopic (exact) mass is 270 g/mol. The lowest BCUT2D eigenvalue weighted by molar-refractivity contribution is -0.147. The summed E-state index contributed by atoms with van der Waals surface area (Å²) in [7, 11) is 0. The average molecular weight is 271 g/mol. The van der Waals surface area contributed by atoms with Gasteiger partial charge < -0.3 is 9.84 Å². The van der Waals surface area contributed by atoms with Gasteiger partial charge in [-0.3, -0.25) is 4.79 Å². The molecule has 0 bridgehead atoms. The first-order valence-corrected chi connectivity index (χ1v) is 6.42. The number of hydrogen-bond acceptors (Lipinski definition) is 2. The minimum Gasteiger partial charge on any atom is -0.492 e. The maximum Gasteiger partial charge on any atom is 0.309 e. The highest BCUT2D eigenvalue weighted by Gasteiger charge is 2.25. The van der Waals surface area contributed by atoms with E-state index in [1.165, 1.54) is 0 Å². The quantitative estimate of drug-likeness (QED) is 0.762. The summed E-state index contributed by atoms with van der Waals surface area (Å²) in [6, 6.07) is 7.33. The number of hydrogen-bond donors (Lipinski definition) is 1. The second-order valence-electron chi connectivity index (χ2n) is 4.93. The molecule has 0 atom stereocenters. The van der Waals surface area contributed by atoms with Crippen LogP contribution in [0.3, 0.4) is 0 Å². The minimum atomic E-state index is -0.755. The fourth-order valence-electron chi connectivity index (χ4n) is 1.52. The minimum absolute atomic E-state index is 0.555. The van der Waals surface area contributed by atoms with Gasteiger partial charge in [0, 0.05) is 0 Å². The number of carboxylic acids is 1. The zero-order valence-electron chi connectivity index (χ0n) is 10.8. The number of aliphatic carboxylic acids is 1. The predicted octanol–water partition coefficient (Wildman–Crippen LogP) is 4.00. The van der Waals surface area contributed by atoms with Crippen molar-refractivity contribution < 1.29 is 14.6 Å². The summed E-state index contributed by atoms with van der Waals surface area (Å²) < 4.78 is 5.53. The summed E-state index contributed by atoms with van der Waals surface area (Å²) >= 11 is 5.95. The third-order valence-corrected chi connectivity index (χ3v) is 3.18. The number of halogens is 1. The van der Waals surface area contributed by atoms with Gasteiger partial charge in [0.05, 0.1) is 17.0 Å². The molecule has 1 N–H and O–H groups in total. The highest BCUT2D eigenvalue weighted by molar-refractivity contribution is 6.32. The topological polar surface area (TPSA) is 46.5 Å². The largest absolute Gasteiger partial charge is 0.492 e. The summed E-state index contributed by atoms with van der Waals surface area (Å²) in [5.74, 6) is -0.0776. The van der Waals surface area contributed by atoms with E-state index in [4.69, 9.17) is 21.4 Å². The van der Waals surface area contributed by atoms with Gasteiger partial charge in [-0.25, -0.2) is 0 Å². The van der Waals surface area contributed by atoms with Crippen LogP contribution in [-0.2, 0) is 4.79 Å². The molecule has 1 aromatic rings. The molecule has 18 heavy (non-hydrogen) atoms. The van der Waals surface area contributed by atoms with Crippen molar-refractivity contribution in [1.82, 2.24) is 0 Å². The van der Waals surface area contributed by atoms with E-state index >= 15 is 0 Å². The lowest BCUT2D eigenvalue weighted by atomic mass is 9.87. The van der Waals surface area contributed by atoms with Crippen molar-refractivity contribution in [2.45, 2.75) is 33.1 Å². The van der Waals surface area contributed by atoms with Crippen LogP contribution in [-0.4, -0.2) is 17.7 Å². The molecule has 3 nitrogen and oxygen atoms in total. The zero-order valence-corrected chi connectivity index (χ0v) is 11.5. The van der Waals surface area contributed by atoms with Crippen molar-refractivity contribution in [3.63, 3.8) is 0 Å². The van der Waals surface area contributed by atoms with E-state index in [0.717, 1.165) is 12.8 Å². The molecule has 0 spiro atoms. The average Bonchev–Trinajstić information content (AvgIpc) is 2.30. The van der Waals surface area contributed by atoms with Gasteiger partial charge in [-0.05, 0) is 45.2 Å². The highest BCUT2D eigenvalue weighted by Crippen LogP contribution is 2.25. The van der Waals surface area contributed by atoms with E-state index in [-0.39, 0.29) is 0 Å². The molecule has 0 heterocycles. The van der Waals surface area contributed by atoms with Gasteiger partial charge in [-0.15, -0.1) is 0 Å². The molecule has 0 fully saturated rings. The summed E-state index contributed by atoms with van der Waals surface area (Å²) in [5.41, 5.74) is -0.662. The van der Waals surface area contributed by atoms with Gasteiger partial charge in [-0.2, -0.15) is 0 Å². The molecule has 0 aromatic heterocycles. The Morgan fingerprint density at radius 1 is 1.33 bits per heavy atom. The Hall–Kier alpha value is -1.22. The van der Waals surface area contributed by atoms with E-state index in [1.54, 1.807) is 19.9 Å². The van der Waals surface area contributed by atoms with Crippen LogP contribution in [0.25, 0.3) is 0 Å². The van der Waals surface area contributed by atoms with Crippen LogP contribution in [0.1, 0.15) is 33.1 Å². The van der Waals surface area contributed by atoms with E-state index in [0.29, 0.717) is 23.8 Å². The first-order valence-electron chi connectivity index (χ1n) is 6.04. The van der Waals surface area contributed by atoms with Gasteiger partial charge in [0.15, 0.2) is 0 Å². The Balaban J connectivity index is 2.24. The van der Waals surface area contributed by atoms with Crippen molar-refractivity contribution in [3.8, 4) is 5.75 Å². The van der Waals surface area contributed by atoms with E-state index in [9.17, 15) is 4.79 Å². The Bertz CT molecular complexity index is 402. The van der Waals surface area contributed by atoms with Crippen LogP contribution >= 0.6 is 11.6 Å². The number of carboxylic acid groups (broad SMARTS) is 1. The van der Waals surface area contributed by atoms with E-state index < -0.39 is 11.4 Å². The smallest absolute Gasteiger partial charge is 0.309 e. The predicted molar refractivity (Wildman–Crippen MR) is 72.2 cm³/mol. The second kappa shape index (κ2) is 6.64. The molecule has 0 saturated heterocycles. The summed E-state index contributed by atoms with van der Waals surface area (Å²) in [6.45, 7) is 4.04. The zero-order chi connectivity index (χ0) is 13.6. The Morgan fingerprint density at radius 3 is 2.61 bits per heavy atom. The van der Waals surface area contributed by atoms with Gasteiger partial charge >= 0.3 is 5.97 Å². The molecule has 0 aliphatic carbocycles. The molecule has 1 aromatic carbocycles. The number of ether oxygens (including phenoxy) is 1. The number of unbranched alkanes of at least 4 members (excludes halogenated alkanes) is 1. The van der Waals surface area contributed by atoms with Gasteiger partial charge in [-0.1, -0.05) is 23.7 Å². The van der Waals surface area contributed by atoms with Crippen LogP contribution in [0.2, 0.25) is 5.02 Å². The summed E-state index contributed by atoms with van der Waals surface area (Å²) in [4.78, 5) is 10.9. The fraction of sp³-hybridized carbons (Fsp3) is 0.500. The first-order chi connectivity index (χ1) is 8.43. The fourth-order valence-corrected chi connectivity index (χ4v) is 1.71. The Morgan fingerprint density at radius 2 is 2.00 bits per heavy atom. The van der Waals surface area contributed by atoms with Crippen LogP contribution in [0.4, 0.5) is 0 Å². The molecule has 100 valence electrons. The van der Waals surface area contributed by atoms with Crippen LogP contribution < -0.4 is 4.74 Å². The maximum atomic E-state index is 10.9. The van der Waals surface area contributed by atoms with Gasteiger partial charge in [0.2, 0.25) is 0 Å². The first kappa shape index (κ1) is 14.8. The lowest BCUT2D eigenvalue weighted by Gasteiger charge is -2.18. The second-order valence-corrected chi connectivity index (χ2v) is 5.33. The molecule has 0 amide bonds. The molecule has 0 aliphatic heterocycles. The van der Waals surface area contributed by atoms with Crippen molar-refractivity contribution in [2.24, 2.45) is 5.41 Å². The summed E-state index contributed by atoms with van der Waals surface area (Å²) in [6.07, 6.45) is 2.29. The molecular formula is C14H19ClO3. The summed E-state index contributed by atoms with van der Waals surface area (Å²) in [5, 5.41) is 9.56. The molecule has 0 aliphatic rings. The molecule has 0 radical (unpaired) electrons. The maximum absolute atomic E-state index is 10.9. The SMILES string of the molecule is CC(C)(CCCCOc1ccccc1Cl)C(=O)O. The van der Waals surface area contributed by atoms with Crippen LogP contribution in [0.5, 0.6) is 5.75 Å². The Kier molecular flexibility index (Phi) is 5.48. The molecule has 1 rings (SSSR count). The molecule has 0 unspecified atom stereocenters. The van der Waals surface area contributed by atoms with Crippen LogP contribution in [0.15, 0.2) is 24.3 Å². The number of rotatable bonds is 7. The Labute approximate surface area is 113 Å². The van der Waals surface area contributed by atoms with E-state index in [1.807, 2.05) is 18.2 Å². The molecule has 0 saturated carbocycles. The number of carbonyl (C=O) groups is 1. The standard InChI is InChI=1S/C14H19ClO3/c1-14(2,13(16)17)9-5-6-10-18-12-8-4-3-7-11(12)15/h3-4,7-8H,5-6,9-10H2,1-2H3,(H,16,17).